The van der Waals surface area contributed by atoms with Gasteiger partial charge in [0, 0.05) is 5.56 Å². The van der Waals surface area contributed by atoms with Crippen LogP contribution in [0, 0.1) is 0 Å². The van der Waals surface area contributed by atoms with Crippen LogP contribution in [0.25, 0.3) is 54.2 Å². The van der Waals surface area contributed by atoms with Gasteiger partial charge in [-0.25, -0.2) is 0 Å². The fourth-order valence-corrected chi connectivity index (χ4v) is 4.14. The van der Waals surface area contributed by atoms with Crippen molar-refractivity contribution in [2.24, 2.45) is 0 Å². The van der Waals surface area contributed by atoms with Gasteiger partial charge in [0.25, 0.3) is 0 Å². The Labute approximate surface area is 156 Å². The van der Waals surface area contributed by atoms with E-state index in [1.165, 1.54) is 48.7 Å². The van der Waals surface area contributed by atoms with Crippen molar-refractivity contribution in [3.8, 4) is 11.1 Å². The average molecular weight is 344 g/mol. The third kappa shape index (κ3) is 2.25. The lowest BCUT2D eigenvalue weighted by Crippen LogP contribution is -1.83. The van der Waals surface area contributed by atoms with Gasteiger partial charge >= 0.3 is 0 Å². The Bertz CT molecular complexity index is 1460. The largest absolute Gasteiger partial charge is 0.472 e. The molecule has 0 amide bonds. The number of furan rings is 1. The fraction of sp³-hybridized carbons (Fsp3) is 0. The molecule has 1 heterocycles. The summed E-state index contributed by atoms with van der Waals surface area (Å²) >= 11 is 0. The summed E-state index contributed by atoms with van der Waals surface area (Å²) in [6.07, 6.45) is 3.54. The molecule has 0 saturated carbocycles. The van der Waals surface area contributed by atoms with E-state index in [9.17, 15) is 0 Å². The lowest BCUT2D eigenvalue weighted by Gasteiger charge is -2.09. The van der Waals surface area contributed by atoms with E-state index in [4.69, 9.17) is 4.42 Å². The van der Waals surface area contributed by atoms with Crippen LogP contribution in [0.1, 0.15) is 0 Å². The molecule has 27 heavy (non-hydrogen) atoms. The highest BCUT2D eigenvalue weighted by atomic mass is 16.3. The summed E-state index contributed by atoms with van der Waals surface area (Å²) in [5.41, 5.74) is 2.33. The number of fused-ring (bicyclic) bond motifs is 4. The predicted molar refractivity (Wildman–Crippen MR) is 114 cm³/mol. The lowest BCUT2D eigenvalue weighted by molar-refractivity contribution is 0.568. The second kappa shape index (κ2) is 5.46. The molecule has 0 radical (unpaired) electrons. The second-order valence-corrected chi connectivity index (χ2v) is 7.14. The van der Waals surface area contributed by atoms with E-state index in [1.54, 1.807) is 6.26 Å². The van der Waals surface area contributed by atoms with E-state index >= 15 is 0 Å². The van der Waals surface area contributed by atoms with Crippen molar-refractivity contribution < 1.29 is 4.42 Å². The third-order valence-electron chi connectivity index (χ3n) is 5.49. The van der Waals surface area contributed by atoms with Gasteiger partial charge in [0.1, 0.15) is 0 Å². The maximum Gasteiger partial charge on any atom is 0.0981 e. The Hall–Kier alpha value is -3.58. The predicted octanol–water partition coefficient (Wildman–Crippen LogP) is 7.56. The van der Waals surface area contributed by atoms with Gasteiger partial charge in [0.2, 0.25) is 0 Å². The molecule has 1 nitrogen and oxygen atoms in total. The lowest BCUT2D eigenvalue weighted by atomic mass is 9.94. The van der Waals surface area contributed by atoms with Gasteiger partial charge in [-0.3, -0.25) is 0 Å². The van der Waals surface area contributed by atoms with Gasteiger partial charge in [-0.05, 0) is 91.1 Å². The highest BCUT2D eigenvalue weighted by molar-refractivity contribution is 6.10. The molecule has 0 unspecified atom stereocenters. The van der Waals surface area contributed by atoms with Gasteiger partial charge in [-0.2, -0.15) is 0 Å². The number of hydrogen-bond acceptors (Lipinski definition) is 1. The van der Waals surface area contributed by atoms with E-state index < -0.39 is 0 Å². The molecule has 0 N–H and O–H groups in total. The highest BCUT2D eigenvalue weighted by Gasteiger charge is 2.08. The number of benzene rings is 5. The first-order valence-corrected chi connectivity index (χ1v) is 9.17. The van der Waals surface area contributed by atoms with Crippen LogP contribution in [-0.4, -0.2) is 0 Å². The molecule has 0 aliphatic rings. The molecule has 1 heteroatoms. The summed E-state index contributed by atoms with van der Waals surface area (Å²) in [7, 11) is 0. The maximum absolute atomic E-state index is 5.30. The normalized spacial score (nSPS) is 11.7. The molecule has 0 atom stereocenters. The van der Waals surface area contributed by atoms with Crippen LogP contribution in [0.5, 0.6) is 0 Å². The van der Waals surface area contributed by atoms with Crippen molar-refractivity contribution in [1.29, 1.82) is 0 Å². The van der Waals surface area contributed by atoms with Gasteiger partial charge in [0.05, 0.1) is 12.5 Å². The Morgan fingerprint density at radius 1 is 0.481 bits per heavy atom. The Balaban J connectivity index is 1.70. The minimum Gasteiger partial charge on any atom is -0.472 e. The summed E-state index contributed by atoms with van der Waals surface area (Å²) in [6, 6.07) is 30.8. The van der Waals surface area contributed by atoms with Crippen molar-refractivity contribution in [3.05, 3.63) is 97.5 Å². The van der Waals surface area contributed by atoms with Gasteiger partial charge in [-0.1, -0.05) is 42.5 Å². The molecule has 6 aromatic rings. The summed E-state index contributed by atoms with van der Waals surface area (Å²) in [5, 5.41) is 10.2. The SMILES string of the molecule is c1ccc2cc3cc4cc5c(-c6ccoc6)cccc5cc4cc3cc2c1. The standard InChI is InChI=1S/C26H16O/c1-2-5-18-11-22-14-24-15-26-19(6-3-7-25(26)20-8-9-27-16-20)12-23(24)13-21(22)10-17(18)4-1/h1-16H. The van der Waals surface area contributed by atoms with E-state index in [2.05, 4.69) is 78.9 Å². The molecular weight excluding hydrogens is 328 g/mol. The van der Waals surface area contributed by atoms with Crippen LogP contribution in [0.3, 0.4) is 0 Å². The van der Waals surface area contributed by atoms with Gasteiger partial charge < -0.3 is 4.42 Å². The zero-order chi connectivity index (χ0) is 17.8. The number of hydrogen-bond donors (Lipinski definition) is 0. The minimum absolute atomic E-state index is 1.12. The van der Waals surface area contributed by atoms with Gasteiger partial charge in [0.15, 0.2) is 0 Å². The summed E-state index contributed by atoms with van der Waals surface area (Å²) in [4.78, 5) is 0. The molecule has 1 aromatic heterocycles. The van der Waals surface area contributed by atoms with Crippen LogP contribution < -0.4 is 0 Å². The topological polar surface area (TPSA) is 13.1 Å². The van der Waals surface area contributed by atoms with Crippen molar-refractivity contribution in [3.63, 3.8) is 0 Å². The first-order chi connectivity index (χ1) is 13.3. The average Bonchev–Trinajstić information content (AvgIpc) is 3.23. The van der Waals surface area contributed by atoms with Crippen LogP contribution in [0.15, 0.2) is 102 Å². The first-order valence-electron chi connectivity index (χ1n) is 9.17. The molecule has 0 bridgehead atoms. The molecule has 0 aliphatic heterocycles. The van der Waals surface area contributed by atoms with Crippen LogP contribution in [0.2, 0.25) is 0 Å². The first kappa shape index (κ1) is 14.6. The summed E-state index contributed by atoms with van der Waals surface area (Å²) < 4.78 is 5.30. The van der Waals surface area contributed by atoms with Crippen molar-refractivity contribution in [2.45, 2.75) is 0 Å². The molecule has 126 valence electrons. The van der Waals surface area contributed by atoms with Crippen LogP contribution >= 0.6 is 0 Å². The molecule has 0 aliphatic carbocycles. The highest BCUT2D eigenvalue weighted by Crippen LogP contribution is 2.34. The zero-order valence-corrected chi connectivity index (χ0v) is 14.6. The summed E-state index contributed by atoms with van der Waals surface area (Å²) in [5.74, 6) is 0. The molecule has 0 fully saturated rings. The smallest absolute Gasteiger partial charge is 0.0981 e. The Morgan fingerprint density at radius 2 is 1.07 bits per heavy atom. The van der Waals surface area contributed by atoms with Crippen molar-refractivity contribution in [1.82, 2.24) is 0 Å². The molecule has 6 rings (SSSR count). The monoisotopic (exact) mass is 344 g/mol. The van der Waals surface area contributed by atoms with E-state index in [1.807, 2.05) is 12.3 Å². The maximum atomic E-state index is 5.30. The molecular formula is C26H16O. The Kier molecular flexibility index (Phi) is 2.95. The quantitative estimate of drug-likeness (QED) is 0.280. The third-order valence-corrected chi connectivity index (χ3v) is 5.49. The zero-order valence-electron chi connectivity index (χ0n) is 14.6. The summed E-state index contributed by atoms with van der Waals surface area (Å²) in [6.45, 7) is 0. The Morgan fingerprint density at radius 3 is 1.74 bits per heavy atom. The van der Waals surface area contributed by atoms with E-state index in [0.717, 1.165) is 5.56 Å². The second-order valence-electron chi connectivity index (χ2n) is 7.14. The van der Waals surface area contributed by atoms with Crippen molar-refractivity contribution >= 4 is 43.1 Å². The van der Waals surface area contributed by atoms with Crippen LogP contribution in [0.4, 0.5) is 0 Å². The number of rotatable bonds is 1. The minimum atomic E-state index is 1.12. The molecule has 5 aromatic carbocycles. The fourth-order valence-electron chi connectivity index (χ4n) is 4.14. The van der Waals surface area contributed by atoms with Crippen LogP contribution in [-0.2, 0) is 0 Å². The van der Waals surface area contributed by atoms with E-state index in [0.29, 0.717) is 0 Å². The van der Waals surface area contributed by atoms with Crippen molar-refractivity contribution in [2.75, 3.05) is 0 Å². The molecule has 0 spiro atoms. The van der Waals surface area contributed by atoms with E-state index in [-0.39, 0.29) is 0 Å². The van der Waals surface area contributed by atoms with Gasteiger partial charge in [-0.15, -0.1) is 0 Å². The molecule has 0 saturated heterocycles.